The summed E-state index contributed by atoms with van der Waals surface area (Å²) in [4.78, 5) is 16.2. The molecule has 0 bridgehead atoms. The van der Waals surface area contributed by atoms with Crippen molar-refractivity contribution in [3.63, 3.8) is 0 Å². The fourth-order valence-electron chi connectivity index (χ4n) is 1.83. The van der Waals surface area contributed by atoms with Crippen molar-refractivity contribution < 1.29 is 9.53 Å². The minimum atomic E-state index is -0.283. The molecule has 1 amide bonds. The summed E-state index contributed by atoms with van der Waals surface area (Å²) in [5, 5.41) is 3.22. The number of anilines is 1. The summed E-state index contributed by atoms with van der Waals surface area (Å²) in [5.41, 5.74) is 7.15. The monoisotopic (exact) mass is 333 g/mol. The maximum absolute atomic E-state index is 12.0. The van der Waals surface area contributed by atoms with E-state index in [1.54, 1.807) is 38.2 Å². The third-order valence-electron chi connectivity index (χ3n) is 3.50. The van der Waals surface area contributed by atoms with Gasteiger partial charge in [0.25, 0.3) is 0 Å². The molecule has 2 unspecified atom stereocenters. The van der Waals surface area contributed by atoms with Crippen LogP contribution in [0.15, 0.2) is 42.6 Å². The quantitative estimate of drug-likeness (QED) is 0.850. The van der Waals surface area contributed by atoms with Crippen molar-refractivity contribution in [1.82, 2.24) is 4.98 Å². The molecule has 0 radical (unpaired) electrons. The van der Waals surface area contributed by atoms with Gasteiger partial charge in [-0.1, -0.05) is 24.6 Å². The summed E-state index contributed by atoms with van der Waals surface area (Å²) in [6, 6.07) is 10.5. The number of carbonyl (C=O) groups is 1. The second-order valence-electron chi connectivity index (χ2n) is 5.39. The van der Waals surface area contributed by atoms with E-state index in [1.165, 1.54) is 0 Å². The molecular weight excluding hydrogens is 314 g/mol. The van der Waals surface area contributed by atoms with Gasteiger partial charge in [-0.25, -0.2) is 0 Å². The van der Waals surface area contributed by atoms with E-state index >= 15 is 0 Å². The number of ether oxygens (including phenoxy) is 1. The van der Waals surface area contributed by atoms with Gasteiger partial charge in [-0.3, -0.25) is 9.78 Å². The Labute approximate surface area is 140 Å². The van der Waals surface area contributed by atoms with Crippen LogP contribution in [-0.2, 0) is 11.4 Å². The minimum Gasteiger partial charge on any atom is -0.486 e. The number of aromatic nitrogens is 1. The van der Waals surface area contributed by atoms with Gasteiger partial charge >= 0.3 is 0 Å². The number of halogens is 1. The topological polar surface area (TPSA) is 77.2 Å². The van der Waals surface area contributed by atoms with Crippen LogP contribution in [0.3, 0.4) is 0 Å². The Morgan fingerprint density at radius 1 is 1.35 bits per heavy atom. The first kappa shape index (κ1) is 17.2. The molecule has 0 aliphatic heterocycles. The van der Waals surface area contributed by atoms with Gasteiger partial charge in [0.15, 0.2) is 0 Å². The lowest BCUT2D eigenvalue weighted by Crippen LogP contribution is -2.34. The molecule has 6 heteroatoms. The summed E-state index contributed by atoms with van der Waals surface area (Å²) in [6.45, 7) is 3.91. The Hall–Kier alpha value is -2.11. The second kappa shape index (κ2) is 7.94. The molecular formula is C17H20ClN3O2. The number of rotatable bonds is 6. The molecule has 0 saturated heterocycles. The van der Waals surface area contributed by atoms with E-state index in [0.29, 0.717) is 23.1 Å². The third kappa shape index (κ3) is 4.94. The van der Waals surface area contributed by atoms with E-state index < -0.39 is 0 Å². The first-order chi connectivity index (χ1) is 11.0. The van der Waals surface area contributed by atoms with Gasteiger partial charge in [-0.2, -0.15) is 0 Å². The lowest BCUT2D eigenvalue weighted by atomic mass is 10.0. The SMILES string of the molecule is CC(N)C(C)C(=O)Nc1ccc(OCc2ccccn2)c(Cl)c1. The third-order valence-corrected chi connectivity index (χ3v) is 3.80. The van der Waals surface area contributed by atoms with Crippen LogP contribution >= 0.6 is 11.6 Å². The first-order valence-corrected chi connectivity index (χ1v) is 7.74. The number of hydrogen-bond donors (Lipinski definition) is 2. The lowest BCUT2D eigenvalue weighted by molar-refractivity contribution is -0.119. The number of nitrogens with one attached hydrogen (secondary N) is 1. The van der Waals surface area contributed by atoms with Crippen molar-refractivity contribution >= 4 is 23.2 Å². The molecule has 0 aliphatic carbocycles. The van der Waals surface area contributed by atoms with E-state index in [4.69, 9.17) is 22.1 Å². The number of carbonyl (C=O) groups excluding carboxylic acids is 1. The molecule has 2 atom stereocenters. The average molecular weight is 334 g/mol. The highest BCUT2D eigenvalue weighted by Gasteiger charge is 2.17. The average Bonchev–Trinajstić information content (AvgIpc) is 2.54. The van der Waals surface area contributed by atoms with Crippen molar-refractivity contribution in [1.29, 1.82) is 0 Å². The maximum Gasteiger partial charge on any atom is 0.228 e. The number of amides is 1. The summed E-state index contributed by atoms with van der Waals surface area (Å²) >= 11 is 6.20. The Morgan fingerprint density at radius 3 is 2.74 bits per heavy atom. The Morgan fingerprint density at radius 2 is 2.13 bits per heavy atom. The van der Waals surface area contributed by atoms with Crippen LogP contribution in [0.1, 0.15) is 19.5 Å². The lowest BCUT2D eigenvalue weighted by Gasteiger charge is -2.16. The van der Waals surface area contributed by atoms with Crippen molar-refractivity contribution in [3.05, 3.63) is 53.3 Å². The molecule has 0 fully saturated rings. The summed E-state index contributed by atoms with van der Waals surface area (Å²) in [7, 11) is 0. The van der Waals surface area contributed by atoms with Crippen molar-refractivity contribution in [3.8, 4) is 5.75 Å². The van der Waals surface area contributed by atoms with Crippen molar-refractivity contribution in [2.24, 2.45) is 11.7 Å². The van der Waals surface area contributed by atoms with Crippen LogP contribution < -0.4 is 15.8 Å². The molecule has 1 aromatic heterocycles. The molecule has 0 saturated carbocycles. The Kier molecular flexibility index (Phi) is 5.96. The van der Waals surface area contributed by atoms with E-state index in [2.05, 4.69) is 10.3 Å². The zero-order valence-corrected chi connectivity index (χ0v) is 13.9. The molecule has 3 N–H and O–H groups in total. The predicted molar refractivity (Wildman–Crippen MR) is 91.5 cm³/mol. The highest BCUT2D eigenvalue weighted by Crippen LogP contribution is 2.28. The predicted octanol–water partition coefficient (Wildman–Crippen LogP) is 3.24. The second-order valence-corrected chi connectivity index (χ2v) is 5.80. The highest BCUT2D eigenvalue weighted by atomic mass is 35.5. The number of nitrogens with two attached hydrogens (primary N) is 1. The van der Waals surface area contributed by atoms with Crippen LogP contribution in [0.5, 0.6) is 5.75 Å². The summed E-state index contributed by atoms with van der Waals surface area (Å²) in [5.74, 6) is 0.114. The van der Waals surface area contributed by atoms with Crippen LogP contribution in [0.2, 0.25) is 5.02 Å². The standard InChI is InChI=1S/C17H20ClN3O2/c1-11(12(2)19)17(22)21-13-6-7-16(15(18)9-13)23-10-14-5-3-4-8-20-14/h3-9,11-12H,10,19H2,1-2H3,(H,21,22). The van der Waals surface area contributed by atoms with Gasteiger partial charge in [-0.15, -0.1) is 0 Å². The zero-order valence-electron chi connectivity index (χ0n) is 13.1. The number of pyridine rings is 1. The molecule has 0 aliphatic rings. The van der Waals surface area contributed by atoms with Crippen LogP contribution in [0.4, 0.5) is 5.69 Å². The fraction of sp³-hybridized carbons (Fsp3) is 0.294. The highest BCUT2D eigenvalue weighted by molar-refractivity contribution is 6.32. The zero-order chi connectivity index (χ0) is 16.8. The molecule has 2 aromatic rings. The van der Waals surface area contributed by atoms with Gasteiger partial charge < -0.3 is 15.8 Å². The minimum absolute atomic E-state index is 0.141. The van der Waals surface area contributed by atoms with Crippen molar-refractivity contribution in [2.75, 3.05) is 5.32 Å². The van der Waals surface area contributed by atoms with Crippen LogP contribution in [0.25, 0.3) is 0 Å². The largest absolute Gasteiger partial charge is 0.486 e. The number of nitrogens with zero attached hydrogens (tertiary/aromatic N) is 1. The van der Waals surface area contributed by atoms with Gasteiger partial charge in [0, 0.05) is 17.9 Å². The maximum atomic E-state index is 12.0. The smallest absolute Gasteiger partial charge is 0.228 e. The van der Waals surface area contributed by atoms with Crippen LogP contribution in [-0.4, -0.2) is 16.9 Å². The van der Waals surface area contributed by atoms with Gasteiger partial charge in [0.2, 0.25) is 5.91 Å². The normalized spacial score (nSPS) is 13.2. The van der Waals surface area contributed by atoms with E-state index in [0.717, 1.165) is 5.69 Å². The van der Waals surface area contributed by atoms with Gasteiger partial charge in [0.1, 0.15) is 12.4 Å². The Balaban J connectivity index is 1.99. The molecule has 2 rings (SSSR count). The number of hydrogen-bond acceptors (Lipinski definition) is 4. The van der Waals surface area contributed by atoms with Crippen LogP contribution in [0, 0.1) is 5.92 Å². The molecule has 1 aromatic carbocycles. The first-order valence-electron chi connectivity index (χ1n) is 7.36. The molecule has 23 heavy (non-hydrogen) atoms. The van der Waals surface area contributed by atoms with Gasteiger partial charge in [-0.05, 0) is 37.3 Å². The number of benzene rings is 1. The van der Waals surface area contributed by atoms with Crippen molar-refractivity contribution in [2.45, 2.75) is 26.5 Å². The van der Waals surface area contributed by atoms with E-state index in [1.807, 2.05) is 18.2 Å². The fourth-order valence-corrected chi connectivity index (χ4v) is 2.06. The van der Waals surface area contributed by atoms with E-state index in [-0.39, 0.29) is 17.9 Å². The molecule has 0 spiro atoms. The molecule has 5 nitrogen and oxygen atoms in total. The molecule has 1 heterocycles. The molecule has 122 valence electrons. The van der Waals surface area contributed by atoms with Gasteiger partial charge in [0.05, 0.1) is 16.6 Å². The summed E-state index contributed by atoms with van der Waals surface area (Å²) < 4.78 is 5.64. The summed E-state index contributed by atoms with van der Waals surface area (Å²) in [6.07, 6.45) is 1.71. The van der Waals surface area contributed by atoms with E-state index in [9.17, 15) is 4.79 Å². The Bertz CT molecular complexity index is 662.